The Kier molecular flexibility index (Phi) is 8.47. The second kappa shape index (κ2) is 9.31. The number of hydrogen-bond acceptors (Lipinski definition) is 3. The number of hydrogen-bond donors (Lipinski definition) is 1. The van der Waals surface area contributed by atoms with E-state index in [4.69, 9.17) is 5.73 Å². The van der Waals surface area contributed by atoms with Crippen LogP contribution < -0.4 is 5.73 Å². The SMILES string of the molecule is Cl.Cl.NC1CCC(C(=O)N2CCC(CN3CCCC3)CC2)C1. The number of nitrogens with zero attached hydrogens (tertiary/aromatic N) is 2. The Morgan fingerprint density at radius 1 is 0.955 bits per heavy atom. The van der Waals surface area contributed by atoms with E-state index in [9.17, 15) is 4.79 Å². The zero-order valence-electron chi connectivity index (χ0n) is 13.4. The van der Waals surface area contributed by atoms with E-state index >= 15 is 0 Å². The summed E-state index contributed by atoms with van der Waals surface area (Å²) >= 11 is 0. The molecule has 2 heterocycles. The van der Waals surface area contributed by atoms with Gasteiger partial charge in [-0.15, -0.1) is 24.8 Å². The Morgan fingerprint density at radius 3 is 2.14 bits per heavy atom. The van der Waals surface area contributed by atoms with Crippen molar-refractivity contribution in [1.82, 2.24) is 9.80 Å². The number of amides is 1. The minimum Gasteiger partial charge on any atom is -0.342 e. The smallest absolute Gasteiger partial charge is 0.225 e. The molecule has 2 atom stereocenters. The summed E-state index contributed by atoms with van der Waals surface area (Å²) in [6.45, 7) is 5.79. The van der Waals surface area contributed by atoms with Crippen LogP contribution in [0.3, 0.4) is 0 Å². The number of piperidine rings is 1. The number of carbonyl (C=O) groups is 1. The van der Waals surface area contributed by atoms with Gasteiger partial charge in [0.1, 0.15) is 0 Å². The first kappa shape index (κ1) is 20.0. The topological polar surface area (TPSA) is 49.6 Å². The van der Waals surface area contributed by atoms with Crippen molar-refractivity contribution >= 4 is 30.7 Å². The summed E-state index contributed by atoms with van der Waals surface area (Å²) < 4.78 is 0. The molecule has 130 valence electrons. The van der Waals surface area contributed by atoms with Gasteiger partial charge in [-0.2, -0.15) is 0 Å². The zero-order chi connectivity index (χ0) is 13.9. The van der Waals surface area contributed by atoms with E-state index < -0.39 is 0 Å². The van der Waals surface area contributed by atoms with Crippen LogP contribution in [0.25, 0.3) is 0 Å². The van der Waals surface area contributed by atoms with Gasteiger partial charge in [0.25, 0.3) is 0 Å². The van der Waals surface area contributed by atoms with Crippen LogP contribution in [0, 0.1) is 11.8 Å². The van der Waals surface area contributed by atoms with Crippen molar-refractivity contribution in [1.29, 1.82) is 0 Å². The lowest BCUT2D eigenvalue weighted by molar-refractivity contribution is -0.136. The number of nitrogens with two attached hydrogens (primary N) is 1. The van der Waals surface area contributed by atoms with Crippen molar-refractivity contribution in [2.75, 3.05) is 32.7 Å². The molecule has 3 rings (SSSR count). The number of likely N-dealkylation sites (tertiary alicyclic amines) is 2. The molecule has 0 aromatic carbocycles. The minimum atomic E-state index is 0. The molecule has 2 saturated heterocycles. The minimum absolute atomic E-state index is 0. The number of rotatable bonds is 3. The van der Waals surface area contributed by atoms with Crippen LogP contribution in [0.2, 0.25) is 0 Å². The second-order valence-electron chi connectivity index (χ2n) is 7.05. The molecule has 1 amide bonds. The number of halogens is 2. The first-order chi connectivity index (χ1) is 9.72. The highest BCUT2D eigenvalue weighted by molar-refractivity contribution is 5.85. The van der Waals surface area contributed by atoms with Crippen molar-refractivity contribution < 1.29 is 4.79 Å². The highest BCUT2D eigenvalue weighted by Crippen LogP contribution is 2.28. The van der Waals surface area contributed by atoms with Crippen molar-refractivity contribution in [2.24, 2.45) is 17.6 Å². The normalized spacial score (nSPS) is 30.0. The van der Waals surface area contributed by atoms with Crippen LogP contribution in [0.1, 0.15) is 44.9 Å². The summed E-state index contributed by atoms with van der Waals surface area (Å²) in [5, 5.41) is 0. The summed E-state index contributed by atoms with van der Waals surface area (Å²) in [6, 6.07) is 0.261. The van der Waals surface area contributed by atoms with Gasteiger partial charge < -0.3 is 15.5 Å². The van der Waals surface area contributed by atoms with Gasteiger partial charge in [-0.05, 0) is 64.0 Å². The van der Waals surface area contributed by atoms with E-state index in [1.807, 2.05) is 0 Å². The van der Waals surface area contributed by atoms with Gasteiger partial charge in [-0.1, -0.05) is 0 Å². The molecule has 2 unspecified atom stereocenters. The largest absolute Gasteiger partial charge is 0.342 e. The van der Waals surface area contributed by atoms with E-state index in [1.165, 1.54) is 45.3 Å². The molecule has 6 heteroatoms. The van der Waals surface area contributed by atoms with Crippen LogP contribution in [0.15, 0.2) is 0 Å². The van der Waals surface area contributed by atoms with Gasteiger partial charge in [0.15, 0.2) is 0 Å². The highest BCUT2D eigenvalue weighted by Gasteiger charge is 2.33. The molecule has 1 aliphatic carbocycles. The third kappa shape index (κ3) is 4.98. The van der Waals surface area contributed by atoms with Gasteiger partial charge in [0, 0.05) is 31.6 Å². The predicted molar refractivity (Wildman–Crippen MR) is 94.8 cm³/mol. The molecular weight excluding hydrogens is 321 g/mol. The maximum absolute atomic E-state index is 12.5. The lowest BCUT2D eigenvalue weighted by Crippen LogP contribution is -2.43. The van der Waals surface area contributed by atoms with Crippen molar-refractivity contribution in [3.8, 4) is 0 Å². The van der Waals surface area contributed by atoms with E-state index in [0.717, 1.165) is 38.3 Å². The maximum atomic E-state index is 12.5. The third-order valence-electron chi connectivity index (χ3n) is 5.46. The van der Waals surface area contributed by atoms with E-state index in [1.54, 1.807) is 0 Å². The van der Waals surface area contributed by atoms with Gasteiger partial charge >= 0.3 is 0 Å². The summed E-state index contributed by atoms with van der Waals surface area (Å²) in [5.41, 5.74) is 5.93. The molecule has 0 spiro atoms. The summed E-state index contributed by atoms with van der Waals surface area (Å²) in [5.74, 6) is 1.42. The lowest BCUT2D eigenvalue weighted by atomic mass is 9.94. The fourth-order valence-corrected chi connectivity index (χ4v) is 4.17. The molecule has 2 aliphatic heterocycles. The Balaban J connectivity index is 0.00000121. The molecular formula is C16H31Cl2N3O. The molecule has 22 heavy (non-hydrogen) atoms. The van der Waals surface area contributed by atoms with Crippen LogP contribution in [0.4, 0.5) is 0 Å². The summed E-state index contributed by atoms with van der Waals surface area (Å²) in [7, 11) is 0. The molecule has 1 saturated carbocycles. The van der Waals surface area contributed by atoms with E-state index in [-0.39, 0.29) is 36.8 Å². The van der Waals surface area contributed by atoms with Gasteiger partial charge in [0.2, 0.25) is 5.91 Å². The zero-order valence-corrected chi connectivity index (χ0v) is 15.0. The Labute approximate surface area is 147 Å². The van der Waals surface area contributed by atoms with Gasteiger partial charge in [-0.25, -0.2) is 0 Å². The Hall–Kier alpha value is -0.0300. The molecule has 0 aromatic heterocycles. The average molecular weight is 352 g/mol. The Bertz CT molecular complexity index is 342. The first-order valence-corrected chi connectivity index (χ1v) is 8.49. The Morgan fingerprint density at radius 2 is 1.59 bits per heavy atom. The van der Waals surface area contributed by atoms with Crippen LogP contribution >= 0.6 is 24.8 Å². The molecule has 3 aliphatic rings. The van der Waals surface area contributed by atoms with Crippen LogP contribution in [-0.2, 0) is 4.79 Å². The maximum Gasteiger partial charge on any atom is 0.225 e. The van der Waals surface area contributed by atoms with Gasteiger partial charge in [-0.3, -0.25) is 4.79 Å². The van der Waals surface area contributed by atoms with Gasteiger partial charge in [0.05, 0.1) is 0 Å². The lowest BCUT2D eigenvalue weighted by Gasteiger charge is -2.35. The summed E-state index contributed by atoms with van der Waals surface area (Å²) in [4.78, 5) is 17.2. The van der Waals surface area contributed by atoms with Crippen molar-refractivity contribution in [3.05, 3.63) is 0 Å². The summed E-state index contributed by atoms with van der Waals surface area (Å²) in [6.07, 6.45) is 8.09. The standard InChI is InChI=1S/C16H29N3O.2ClH/c17-15-4-3-14(11-15)16(20)19-9-5-13(6-10-19)12-18-7-1-2-8-18;;/h13-15H,1-12,17H2;2*1H. The fraction of sp³-hybridized carbons (Fsp3) is 0.938. The monoisotopic (exact) mass is 351 g/mol. The number of carbonyl (C=O) groups excluding carboxylic acids is 1. The van der Waals surface area contributed by atoms with Crippen LogP contribution in [0.5, 0.6) is 0 Å². The molecule has 0 radical (unpaired) electrons. The van der Waals surface area contributed by atoms with Crippen molar-refractivity contribution in [3.63, 3.8) is 0 Å². The molecule has 2 N–H and O–H groups in total. The quantitative estimate of drug-likeness (QED) is 0.848. The molecule has 4 nitrogen and oxygen atoms in total. The van der Waals surface area contributed by atoms with Crippen LogP contribution in [-0.4, -0.2) is 54.5 Å². The molecule has 0 aromatic rings. The van der Waals surface area contributed by atoms with Crippen molar-refractivity contribution in [2.45, 2.75) is 51.0 Å². The highest BCUT2D eigenvalue weighted by atomic mass is 35.5. The van der Waals surface area contributed by atoms with E-state index in [0.29, 0.717) is 5.91 Å². The fourth-order valence-electron chi connectivity index (χ4n) is 4.17. The molecule has 3 fully saturated rings. The second-order valence-corrected chi connectivity index (χ2v) is 7.05. The first-order valence-electron chi connectivity index (χ1n) is 8.49. The predicted octanol–water partition coefficient (Wildman–Crippen LogP) is 2.29. The van der Waals surface area contributed by atoms with E-state index in [2.05, 4.69) is 9.80 Å². The molecule has 0 bridgehead atoms. The average Bonchev–Trinajstić information content (AvgIpc) is 3.10. The third-order valence-corrected chi connectivity index (χ3v) is 5.46.